The fourth-order valence-corrected chi connectivity index (χ4v) is 0.975. The van der Waals surface area contributed by atoms with Crippen LogP contribution in [0.5, 0.6) is 0 Å². The molecule has 15 heavy (non-hydrogen) atoms. The molecule has 0 atom stereocenters. The molecule has 0 aromatic carbocycles. The Balaban J connectivity index is 0. The molecule has 0 aromatic heterocycles. The van der Waals surface area contributed by atoms with Gasteiger partial charge in [-0.15, -0.1) is 0 Å². The van der Waals surface area contributed by atoms with E-state index in [1.165, 1.54) is 4.90 Å². The fourth-order valence-electron chi connectivity index (χ4n) is 0.975. The molecule has 0 aliphatic heterocycles. The zero-order valence-corrected chi connectivity index (χ0v) is 8.81. The highest BCUT2D eigenvalue weighted by Gasteiger charge is 2.10. The Hall–Kier alpha value is -1.23. The molecule has 88 valence electrons. The zero-order chi connectivity index (χ0) is 12.1. The number of aliphatic hydroxyl groups excluding tert-OH is 2. The predicted octanol–water partition coefficient (Wildman–Crippen LogP) is -0.984. The van der Waals surface area contributed by atoms with Gasteiger partial charge in [0.25, 0.3) is 0 Å². The molecule has 0 saturated carbocycles. The third kappa shape index (κ3) is 10.7. The molecular weight excluding hydrogens is 202 g/mol. The maximum atomic E-state index is 11.2. The maximum Gasteiger partial charge on any atom is 0.373 e. The molecule has 6 heteroatoms. The van der Waals surface area contributed by atoms with Crippen LogP contribution in [0.4, 0.5) is 0 Å². The van der Waals surface area contributed by atoms with Crippen LogP contribution in [0, 0.1) is 0 Å². The lowest BCUT2D eigenvalue weighted by atomic mass is 10.3. The van der Waals surface area contributed by atoms with Gasteiger partial charge in [-0.1, -0.05) is 6.92 Å². The molecule has 0 saturated heterocycles. The van der Waals surface area contributed by atoms with E-state index < -0.39 is 0 Å². The van der Waals surface area contributed by atoms with E-state index in [1.807, 2.05) is 6.92 Å². The first kappa shape index (κ1) is 16.2. The molecule has 0 aromatic rings. The van der Waals surface area contributed by atoms with Crippen molar-refractivity contribution in [2.24, 2.45) is 0 Å². The van der Waals surface area contributed by atoms with Gasteiger partial charge < -0.3 is 15.1 Å². The van der Waals surface area contributed by atoms with Crippen LogP contribution < -0.4 is 0 Å². The summed E-state index contributed by atoms with van der Waals surface area (Å²) >= 11 is 0. The van der Waals surface area contributed by atoms with E-state index in [-0.39, 0.29) is 25.3 Å². The topological polar surface area (TPSA) is 94.9 Å². The molecule has 0 aliphatic carbocycles. The maximum absolute atomic E-state index is 11.2. The average molecular weight is 219 g/mol. The summed E-state index contributed by atoms with van der Waals surface area (Å²) in [6, 6.07) is 0. The van der Waals surface area contributed by atoms with E-state index in [0.29, 0.717) is 19.5 Å². The Morgan fingerprint density at radius 3 is 1.87 bits per heavy atom. The first-order chi connectivity index (χ1) is 7.17. The highest BCUT2D eigenvalue weighted by atomic mass is 16.3. The van der Waals surface area contributed by atoms with Gasteiger partial charge in [0.1, 0.15) is 0 Å². The Kier molecular flexibility index (Phi) is 13.8. The lowest BCUT2D eigenvalue weighted by Gasteiger charge is -2.20. The molecule has 1 amide bonds. The predicted molar refractivity (Wildman–Crippen MR) is 50.7 cm³/mol. The van der Waals surface area contributed by atoms with Crippen molar-refractivity contribution in [3.63, 3.8) is 0 Å². The number of aliphatic hydroxyl groups is 2. The van der Waals surface area contributed by atoms with Gasteiger partial charge in [0.05, 0.1) is 13.2 Å². The molecule has 0 aliphatic rings. The van der Waals surface area contributed by atoms with Crippen molar-refractivity contribution in [1.29, 1.82) is 0 Å². The number of hydrogen-bond acceptors (Lipinski definition) is 5. The van der Waals surface area contributed by atoms with Crippen molar-refractivity contribution >= 4 is 12.1 Å². The molecule has 0 bridgehead atoms. The molecule has 0 heterocycles. The quantitative estimate of drug-likeness (QED) is 0.598. The lowest BCUT2D eigenvalue weighted by molar-refractivity contribution is -0.191. The summed E-state index contributed by atoms with van der Waals surface area (Å²) in [5.74, 6) is 0.000556. The fraction of sp³-hybridized carbons (Fsp3) is 0.778. The minimum atomic E-state index is -0.0462. The number of carbonyl (C=O) groups excluding carboxylic acids is 3. The SMILES string of the molecule is CCCC(=O)N(CCO)CCO.O=C=O. The Bertz CT molecular complexity index is 183. The number of nitrogens with zero attached hydrogens (tertiary/aromatic N) is 1. The van der Waals surface area contributed by atoms with E-state index in [0.717, 1.165) is 6.42 Å². The summed E-state index contributed by atoms with van der Waals surface area (Å²) in [5.41, 5.74) is 0. The minimum absolute atomic E-state index is 0.000556. The highest BCUT2D eigenvalue weighted by Crippen LogP contribution is 1.96. The Morgan fingerprint density at radius 2 is 1.60 bits per heavy atom. The third-order valence-corrected chi connectivity index (χ3v) is 1.56. The summed E-state index contributed by atoms with van der Waals surface area (Å²) in [4.78, 5) is 29.0. The first-order valence-electron chi connectivity index (χ1n) is 4.66. The van der Waals surface area contributed by atoms with Gasteiger partial charge >= 0.3 is 6.15 Å². The summed E-state index contributed by atoms with van der Waals surface area (Å²) in [6.07, 6.45) is 1.53. The van der Waals surface area contributed by atoms with Crippen molar-refractivity contribution in [2.45, 2.75) is 19.8 Å². The Morgan fingerprint density at radius 1 is 1.20 bits per heavy atom. The number of carbonyl (C=O) groups is 1. The highest BCUT2D eigenvalue weighted by molar-refractivity contribution is 5.76. The van der Waals surface area contributed by atoms with Crippen molar-refractivity contribution < 1.29 is 24.6 Å². The van der Waals surface area contributed by atoms with Crippen molar-refractivity contribution in [2.75, 3.05) is 26.3 Å². The second kappa shape index (κ2) is 12.8. The standard InChI is InChI=1S/C8H17NO3.CO2/c1-2-3-8(12)9(4-6-10)5-7-11;2-1-3/h10-11H,2-7H2,1H3;. The largest absolute Gasteiger partial charge is 0.395 e. The van der Waals surface area contributed by atoms with Gasteiger partial charge in [-0.3, -0.25) is 4.79 Å². The van der Waals surface area contributed by atoms with Crippen LogP contribution in [0.2, 0.25) is 0 Å². The summed E-state index contributed by atoms with van der Waals surface area (Å²) in [5, 5.41) is 17.2. The smallest absolute Gasteiger partial charge is 0.373 e. The van der Waals surface area contributed by atoms with Gasteiger partial charge in [-0.05, 0) is 6.42 Å². The van der Waals surface area contributed by atoms with Crippen LogP contribution in [0.15, 0.2) is 0 Å². The summed E-state index contributed by atoms with van der Waals surface area (Å²) < 4.78 is 0. The van der Waals surface area contributed by atoms with E-state index >= 15 is 0 Å². The van der Waals surface area contributed by atoms with E-state index in [4.69, 9.17) is 19.8 Å². The van der Waals surface area contributed by atoms with Crippen LogP contribution in [0.25, 0.3) is 0 Å². The summed E-state index contributed by atoms with van der Waals surface area (Å²) in [6.45, 7) is 2.47. The average Bonchev–Trinajstić information content (AvgIpc) is 2.19. The van der Waals surface area contributed by atoms with Crippen molar-refractivity contribution in [1.82, 2.24) is 4.90 Å². The second-order valence-electron chi connectivity index (χ2n) is 2.66. The van der Waals surface area contributed by atoms with Gasteiger partial charge in [0, 0.05) is 19.5 Å². The molecule has 0 fully saturated rings. The molecule has 2 N–H and O–H groups in total. The van der Waals surface area contributed by atoms with Crippen LogP contribution in [-0.4, -0.2) is 53.5 Å². The van der Waals surface area contributed by atoms with Crippen LogP contribution in [-0.2, 0) is 14.4 Å². The number of hydrogen-bond donors (Lipinski definition) is 2. The van der Waals surface area contributed by atoms with Gasteiger partial charge in [0.15, 0.2) is 0 Å². The normalized spacial score (nSPS) is 8.47. The third-order valence-electron chi connectivity index (χ3n) is 1.56. The van der Waals surface area contributed by atoms with Crippen LogP contribution in [0.1, 0.15) is 19.8 Å². The first-order valence-corrected chi connectivity index (χ1v) is 4.66. The minimum Gasteiger partial charge on any atom is -0.395 e. The number of rotatable bonds is 6. The second-order valence-corrected chi connectivity index (χ2v) is 2.66. The van der Waals surface area contributed by atoms with Crippen molar-refractivity contribution in [3.8, 4) is 0 Å². The van der Waals surface area contributed by atoms with Crippen LogP contribution >= 0.6 is 0 Å². The van der Waals surface area contributed by atoms with Gasteiger partial charge in [0.2, 0.25) is 5.91 Å². The van der Waals surface area contributed by atoms with E-state index in [1.54, 1.807) is 0 Å². The summed E-state index contributed by atoms with van der Waals surface area (Å²) in [7, 11) is 0. The molecule has 0 rings (SSSR count). The Labute approximate surface area is 88.5 Å². The van der Waals surface area contributed by atoms with Gasteiger partial charge in [-0.2, -0.15) is 9.59 Å². The molecule has 0 spiro atoms. The lowest BCUT2D eigenvalue weighted by Crippen LogP contribution is -2.35. The van der Waals surface area contributed by atoms with Gasteiger partial charge in [-0.25, -0.2) is 0 Å². The monoisotopic (exact) mass is 219 g/mol. The molecule has 0 radical (unpaired) electrons. The van der Waals surface area contributed by atoms with Crippen molar-refractivity contribution in [3.05, 3.63) is 0 Å². The molecule has 0 unspecified atom stereocenters. The zero-order valence-electron chi connectivity index (χ0n) is 8.81. The number of amides is 1. The van der Waals surface area contributed by atoms with Crippen LogP contribution in [0.3, 0.4) is 0 Å². The molecular formula is C9H17NO5. The molecule has 6 nitrogen and oxygen atoms in total. The van der Waals surface area contributed by atoms with E-state index in [9.17, 15) is 4.79 Å². The van der Waals surface area contributed by atoms with E-state index in [2.05, 4.69) is 0 Å².